The van der Waals surface area contributed by atoms with Crippen molar-refractivity contribution in [2.24, 2.45) is 0 Å². The maximum atomic E-state index is 11.4. The molecule has 2 rings (SSSR count). The van der Waals surface area contributed by atoms with Gasteiger partial charge >= 0.3 is 6.01 Å². The van der Waals surface area contributed by atoms with Gasteiger partial charge in [-0.2, -0.15) is 0 Å². The summed E-state index contributed by atoms with van der Waals surface area (Å²) in [5.41, 5.74) is 0. The van der Waals surface area contributed by atoms with E-state index in [4.69, 9.17) is 16.0 Å². The van der Waals surface area contributed by atoms with Gasteiger partial charge < -0.3 is 9.32 Å². The molecule has 0 spiro atoms. The van der Waals surface area contributed by atoms with Gasteiger partial charge in [-0.05, 0) is 13.3 Å². The van der Waals surface area contributed by atoms with Gasteiger partial charge in [0, 0.05) is 13.1 Å². The van der Waals surface area contributed by atoms with Crippen LogP contribution in [0.3, 0.4) is 0 Å². The highest BCUT2D eigenvalue weighted by molar-refractivity contribution is 7.91. The number of hydrogen-bond donors (Lipinski definition) is 0. The minimum atomic E-state index is -2.92. The van der Waals surface area contributed by atoms with Gasteiger partial charge in [-0.3, -0.25) is 0 Å². The minimum Gasteiger partial charge on any atom is -0.406 e. The molecule has 0 radical (unpaired) electrons. The van der Waals surface area contributed by atoms with E-state index in [9.17, 15) is 8.42 Å². The van der Waals surface area contributed by atoms with Crippen molar-refractivity contribution in [2.75, 3.05) is 23.5 Å². The van der Waals surface area contributed by atoms with Gasteiger partial charge in [0.25, 0.3) is 0 Å². The molecule has 8 heteroatoms. The zero-order valence-corrected chi connectivity index (χ0v) is 11.2. The van der Waals surface area contributed by atoms with E-state index in [1.807, 2.05) is 0 Å². The summed E-state index contributed by atoms with van der Waals surface area (Å²) in [7, 11) is -1.16. The number of aromatic nitrogens is 2. The van der Waals surface area contributed by atoms with Crippen LogP contribution in [0.15, 0.2) is 4.42 Å². The largest absolute Gasteiger partial charge is 0.406 e. The van der Waals surface area contributed by atoms with E-state index in [0.29, 0.717) is 18.3 Å². The van der Waals surface area contributed by atoms with Crippen molar-refractivity contribution < 1.29 is 12.8 Å². The average Bonchev–Trinajstić information content (AvgIpc) is 2.83. The molecule has 0 saturated carbocycles. The number of sulfone groups is 1. The summed E-state index contributed by atoms with van der Waals surface area (Å²) in [6.07, 6.45) is 0.590. The maximum Gasteiger partial charge on any atom is 0.318 e. The second kappa shape index (κ2) is 4.45. The number of alkyl halides is 1. The molecule has 1 fully saturated rings. The summed E-state index contributed by atoms with van der Waals surface area (Å²) in [6, 6.07) is 0.216. The van der Waals surface area contributed by atoms with Crippen LogP contribution in [0.2, 0.25) is 0 Å². The van der Waals surface area contributed by atoms with Crippen molar-refractivity contribution in [3.63, 3.8) is 0 Å². The monoisotopic (exact) mass is 279 g/mol. The summed E-state index contributed by atoms with van der Waals surface area (Å²) in [5, 5.41) is 7.31. The van der Waals surface area contributed by atoms with E-state index in [2.05, 4.69) is 10.2 Å². The molecule has 96 valence electrons. The van der Waals surface area contributed by atoms with E-state index < -0.39 is 9.84 Å². The van der Waals surface area contributed by atoms with Crippen molar-refractivity contribution >= 4 is 27.5 Å². The molecule has 2 heterocycles. The van der Waals surface area contributed by atoms with E-state index in [1.54, 1.807) is 18.9 Å². The van der Waals surface area contributed by atoms with Crippen molar-refractivity contribution in [3.8, 4) is 0 Å². The summed E-state index contributed by atoms with van der Waals surface area (Å²) in [5.74, 6) is 0.696. The van der Waals surface area contributed by atoms with Gasteiger partial charge in [-0.15, -0.1) is 16.7 Å². The summed E-state index contributed by atoms with van der Waals surface area (Å²) in [4.78, 5) is 1.71. The Bertz CT molecular complexity index is 499. The van der Waals surface area contributed by atoms with E-state index in [0.717, 1.165) is 0 Å². The lowest BCUT2D eigenvalue weighted by molar-refractivity contribution is 0.478. The molecule has 17 heavy (non-hydrogen) atoms. The number of hydrogen-bond acceptors (Lipinski definition) is 6. The molecule has 0 aromatic carbocycles. The third-order valence-corrected chi connectivity index (χ3v) is 4.77. The molecule has 2 unspecified atom stereocenters. The van der Waals surface area contributed by atoms with Crippen LogP contribution in [0.25, 0.3) is 0 Å². The van der Waals surface area contributed by atoms with Gasteiger partial charge in [0.15, 0.2) is 9.84 Å². The lowest BCUT2D eigenvalue weighted by Crippen LogP contribution is -2.32. The first-order chi connectivity index (χ1) is 7.89. The average molecular weight is 280 g/mol. The highest BCUT2D eigenvalue weighted by Crippen LogP contribution is 2.25. The number of nitrogens with zero attached hydrogens (tertiary/aromatic N) is 3. The van der Waals surface area contributed by atoms with Crippen LogP contribution in [-0.2, 0) is 9.84 Å². The Morgan fingerprint density at radius 3 is 2.71 bits per heavy atom. The normalized spacial score (nSPS) is 24.8. The molecule has 0 amide bonds. The topological polar surface area (TPSA) is 76.3 Å². The van der Waals surface area contributed by atoms with Crippen LogP contribution in [0, 0.1) is 0 Å². The fourth-order valence-corrected chi connectivity index (χ4v) is 3.63. The Kier molecular flexibility index (Phi) is 3.31. The fourth-order valence-electron chi connectivity index (χ4n) is 1.77. The van der Waals surface area contributed by atoms with Gasteiger partial charge in [0.2, 0.25) is 5.89 Å². The molecule has 1 aliphatic rings. The van der Waals surface area contributed by atoms with Crippen LogP contribution in [0.4, 0.5) is 6.01 Å². The number of halogens is 1. The minimum absolute atomic E-state index is 0.0982. The fraction of sp³-hybridized carbons (Fsp3) is 0.778. The van der Waals surface area contributed by atoms with Gasteiger partial charge in [-0.1, -0.05) is 5.10 Å². The predicted octanol–water partition coefficient (Wildman–Crippen LogP) is 0.993. The van der Waals surface area contributed by atoms with Crippen molar-refractivity contribution in [3.05, 3.63) is 5.89 Å². The molecular weight excluding hydrogens is 266 g/mol. The van der Waals surface area contributed by atoms with Gasteiger partial charge in [0.1, 0.15) is 5.38 Å². The summed E-state index contributed by atoms with van der Waals surface area (Å²) in [6.45, 7) is 1.73. The Balaban J connectivity index is 2.12. The Hall–Kier alpha value is -0.820. The van der Waals surface area contributed by atoms with Crippen LogP contribution in [0.5, 0.6) is 0 Å². The van der Waals surface area contributed by atoms with E-state index in [-0.39, 0.29) is 22.9 Å². The zero-order chi connectivity index (χ0) is 12.6. The number of rotatable bonds is 3. The molecule has 1 aliphatic heterocycles. The molecular formula is C9H14ClN3O3S. The summed E-state index contributed by atoms with van der Waals surface area (Å²) >= 11 is 5.82. The lowest BCUT2D eigenvalue weighted by atomic mass is 10.2. The van der Waals surface area contributed by atoms with Crippen LogP contribution < -0.4 is 4.90 Å². The molecule has 1 aromatic heterocycles. The first-order valence-electron chi connectivity index (χ1n) is 5.30. The SMILES string of the molecule is CC(Cl)c1nnc(N(C)C2CCS(=O)(=O)C2)o1. The lowest BCUT2D eigenvalue weighted by Gasteiger charge is -2.20. The van der Waals surface area contributed by atoms with E-state index >= 15 is 0 Å². The molecule has 6 nitrogen and oxygen atoms in total. The molecule has 1 aromatic rings. The third-order valence-electron chi connectivity index (χ3n) is 2.83. The van der Waals surface area contributed by atoms with Crippen LogP contribution in [-0.4, -0.2) is 43.2 Å². The predicted molar refractivity (Wildman–Crippen MR) is 64.0 cm³/mol. The molecule has 0 bridgehead atoms. The second-order valence-corrected chi connectivity index (χ2v) is 7.09. The van der Waals surface area contributed by atoms with Crippen molar-refractivity contribution in [1.29, 1.82) is 0 Å². The van der Waals surface area contributed by atoms with Crippen LogP contribution in [0.1, 0.15) is 24.6 Å². The van der Waals surface area contributed by atoms with Crippen LogP contribution >= 0.6 is 11.6 Å². The highest BCUT2D eigenvalue weighted by Gasteiger charge is 2.32. The van der Waals surface area contributed by atoms with Crippen molar-refractivity contribution in [1.82, 2.24) is 10.2 Å². The van der Waals surface area contributed by atoms with E-state index in [1.165, 1.54) is 0 Å². The van der Waals surface area contributed by atoms with Gasteiger partial charge in [0.05, 0.1) is 11.5 Å². The first kappa shape index (κ1) is 12.6. The molecule has 2 atom stereocenters. The van der Waals surface area contributed by atoms with Gasteiger partial charge in [-0.25, -0.2) is 8.42 Å². The standard InChI is InChI=1S/C9H14ClN3O3S/c1-6(10)8-11-12-9(16-8)13(2)7-3-4-17(14,15)5-7/h6-7H,3-5H2,1-2H3. The maximum absolute atomic E-state index is 11.4. The number of anilines is 1. The Morgan fingerprint density at radius 2 is 2.24 bits per heavy atom. The Labute approximate surface area is 105 Å². The molecule has 1 saturated heterocycles. The smallest absolute Gasteiger partial charge is 0.318 e. The zero-order valence-electron chi connectivity index (χ0n) is 9.63. The molecule has 0 N–H and O–H groups in total. The Morgan fingerprint density at radius 1 is 1.53 bits per heavy atom. The summed E-state index contributed by atoms with van der Waals surface area (Å²) < 4.78 is 28.1. The highest BCUT2D eigenvalue weighted by atomic mass is 35.5. The molecule has 0 aliphatic carbocycles. The first-order valence-corrected chi connectivity index (χ1v) is 7.55. The quantitative estimate of drug-likeness (QED) is 0.768. The second-order valence-electron chi connectivity index (χ2n) is 4.21. The third kappa shape index (κ3) is 2.71. The van der Waals surface area contributed by atoms with Crippen molar-refractivity contribution in [2.45, 2.75) is 24.8 Å².